The van der Waals surface area contributed by atoms with Gasteiger partial charge in [0, 0.05) is 33.6 Å². The molecule has 1 saturated carbocycles. The molecule has 1 aromatic heterocycles. The predicted octanol–water partition coefficient (Wildman–Crippen LogP) is 4.41. The highest BCUT2D eigenvalue weighted by atomic mass is 32.2. The summed E-state index contributed by atoms with van der Waals surface area (Å²) in [5.41, 5.74) is 10.3. The predicted molar refractivity (Wildman–Crippen MR) is 109 cm³/mol. The van der Waals surface area contributed by atoms with Gasteiger partial charge in [0.25, 0.3) is 0 Å². The van der Waals surface area contributed by atoms with Crippen LogP contribution in [0.5, 0.6) is 0 Å². The molecule has 1 fully saturated rings. The molecule has 3 nitrogen and oxygen atoms in total. The number of thiocarbonyl (C=S) groups is 1. The second kappa shape index (κ2) is 7.83. The molecule has 0 aliphatic heterocycles. The van der Waals surface area contributed by atoms with Gasteiger partial charge in [-0.1, -0.05) is 50.0 Å². The molecule has 134 valence electrons. The maximum Gasteiger partial charge on any atom is 0.120 e. The van der Waals surface area contributed by atoms with Crippen LogP contribution in [-0.2, 0) is 10.8 Å². The Morgan fingerprint density at radius 3 is 2.48 bits per heavy atom. The Labute approximate surface area is 157 Å². The van der Waals surface area contributed by atoms with Crippen molar-refractivity contribution in [2.24, 2.45) is 11.7 Å². The van der Waals surface area contributed by atoms with Crippen LogP contribution in [0.25, 0.3) is 0 Å². The van der Waals surface area contributed by atoms with E-state index in [1.807, 2.05) is 19.1 Å². The number of aromatic nitrogens is 1. The molecule has 0 bridgehead atoms. The van der Waals surface area contributed by atoms with Gasteiger partial charge in [-0.3, -0.25) is 4.21 Å². The SMILES string of the molecule is Cc1cc(C(CC2CCCC2)c2ccc(S(C)=O)cc2)[nH]c1C(N)=S. The van der Waals surface area contributed by atoms with Crippen LogP contribution in [0.15, 0.2) is 35.2 Å². The van der Waals surface area contributed by atoms with Crippen molar-refractivity contribution in [1.82, 2.24) is 4.98 Å². The molecule has 1 heterocycles. The first-order valence-corrected chi connectivity index (χ1v) is 10.8. The molecule has 2 aromatic rings. The third kappa shape index (κ3) is 4.21. The van der Waals surface area contributed by atoms with Crippen LogP contribution in [0, 0.1) is 12.8 Å². The lowest BCUT2D eigenvalue weighted by molar-refractivity contribution is 0.469. The van der Waals surface area contributed by atoms with E-state index in [2.05, 4.69) is 23.2 Å². The van der Waals surface area contributed by atoms with E-state index in [0.29, 0.717) is 10.9 Å². The number of rotatable bonds is 6. The Balaban J connectivity index is 1.95. The van der Waals surface area contributed by atoms with Crippen molar-refractivity contribution in [3.8, 4) is 0 Å². The molecule has 1 aliphatic rings. The second-order valence-corrected chi connectivity index (χ2v) is 8.93. The lowest BCUT2D eigenvalue weighted by Crippen LogP contribution is -2.12. The first-order valence-electron chi connectivity index (χ1n) is 8.88. The third-order valence-corrected chi connectivity index (χ3v) is 6.46. The summed E-state index contributed by atoms with van der Waals surface area (Å²) in [5.74, 6) is 1.06. The zero-order valence-corrected chi connectivity index (χ0v) is 16.5. The van der Waals surface area contributed by atoms with Crippen LogP contribution in [0.4, 0.5) is 0 Å². The number of aryl methyl sites for hydroxylation is 1. The number of benzene rings is 1. The number of hydrogen-bond donors (Lipinski definition) is 2. The van der Waals surface area contributed by atoms with E-state index < -0.39 is 10.8 Å². The third-order valence-electron chi connectivity index (χ3n) is 5.32. The van der Waals surface area contributed by atoms with E-state index >= 15 is 0 Å². The van der Waals surface area contributed by atoms with Crippen molar-refractivity contribution in [3.63, 3.8) is 0 Å². The Morgan fingerprint density at radius 2 is 1.96 bits per heavy atom. The lowest BCUT2D eigenvalue weighted by Gasteiger charge is -2.20. The summed E-state index contributed by atoms with van der Waals surface area (Å²) in [5, 5.41) is 0. The first-order chi connectivity index (χ1) is 12.0. The van der Waals surface area contributed by atoms with Gasteiger partial charge >= 0.3 is 0 Å². The molecule has 1 aromatic carbocycles. The monoisotopic (exact) mass is 374 g/mol. The summed E-state index contributed by atoms with van der Waals surface area (Å²) in [7, 11) is -0.946. The van der Waals surface area contributed by atoms with Gasteiger partial charge in [-0.15, -0.1) is 0 Å². The molecular weight excluding hydrogens is 348 g/mol. The number of aromatic amines is 1. The summed E-state index contributed by atoms with van der Waals surface area (Å²) in [6.07, 6.45) is 8.16. The topological polar surface area (TPSA) is 58.9 Å². The maximum absolute atomic E-state index is 11.7. The van der Waals surface area contributed by atoms with Crippen molar-refractivity contribution in [3.05, 3.63) is 52.8 Å². The second-order valence-electron chi connectivity index (χ2n) is 7.11. The molecule has 3 N–H and O–H groups in total. The van der Waals surface area contributed by atoms with Gasteiger partial charge < -0.3 is 10.7 Å². The molecule has 0 spiro atoms. The van der Waals surface area contributed by atoms with Crippen molar-refractivity contribution in [1.29, 1.82) is 0 Å². The van der Waals surface area contributed by atoms with E-state index in [4.69, 9.17) is 18.0 Å². The largest absolute Gasteiger partial charge is 0.388 e. The quantitative estimate of drug-likeness (QED) is 0.737. The number of hydrogen-bond acceptors (Lipinski definition) is 2. The highest BCUT2D eigenvalue weighted by molar-refractivity contribution is 7.84. The van der Waals surface area contributed by atoms with Crippen LogP contribution >= 0.6 is 12.2 Å². The Bertz CT molecular complexity index is 773. The fourth-order valence-electron chi connectivity index (χ4n) is 3.94. The summed E-state index contributed by atoms with van der Waals surface area (Å²) < 4.78 is 11.7. The fourth-order valence-corrected chi connectivity index (χ4v) is 4.67. The Kier molecular flexibility index (Phi) is 5.74. The van der Waals surface area contributed by atoms with Crippen LogP contribution in [-0.4, -0.2) is 20.4 Å². The van der Waals surface area contributed by atoms with Gasteiger partial charge in [-0.2, -0.15) is 0 Å². The molecule has 0 amide bonds. The molecule has 25 heavy (non-hydrogen) atoms. The zero-order valence-electron chi connectivity index (χ0n) is 14.9. The molecule has 1 aliphatic carbocycles. The Hall–Kier alpha value is -1.46. The molecular formula is C20H26N2OS2. The summed E-state index contributed by atoms with van der Waals surface area (Å²) in [4.78, 5) is 4.75. The maximum atomic E-state index is 11.7. The van der Waals surface area contributed by atoms with Crippen LogP contribution < -0.4 is 5.73 Å². The molecule has 0 radical (unpaired) electrons. The van der Waals surface area contributed by atoms with Crippen LogP contribution in [0.2, 0.25) is 0 Å². The number of H-pyrrole nitrogens is 1. The van der Waals surface area contributed by atoms with E-state index in [0.717, 1.165) is 28.5 Å². The van der Waals surface area contributed by atoms with Crippen molar-refractivity contribution >= 4 is 28.0 Å². The van der Waals surface area contributed by atoms with E-state index in [9.17, 15) is 4.21 Å². The average molecular weight is 375 g/mol. The van der Waals surface area contributed by atoms with Gasteiger partial charge in [0.2, 0.25) is 0 Å². The van der Waals surface area contributed by atoms with Gasteiger partial charge in [0.15, 0.2) is 0 Å². The van der Waals surface area contributed by atoms with Gasteiger partial charge in [0.05, 0.1) is 5.69 Å². The molecule has 2 unspecified atom stereocenters. The van der Waals surface area contributed by atoms with E-state index in [1.165, 1.54) is 36.9 Å². The molecule has 2 atom stereocenters. The van der Waals surface area contributed by atoms with Crippen LogP contribution in [0.1, 0.15) is 60.5 Å². The number of nitrogens with two attached hydrogens (primary N) is 1. The highest BCUT2D eigenvalue weighted by Gasteiger charge is 2.24. The standard InChI is InChI=1S/C20H26N2OS2/c1-13-11-18(22-19(13)20(21)24)17(12-14-5-3-4-6-14)15-7-9-16(10-8-15)25(2)23/h7-11,14,17,22H,3-6,12H2,1-2H3,(H2,21,24). The number of nitrogens with one attached hydrogen (secondary N) is 1. The minimum absolute atomic E-state index is 0.296. The van der Waals surface area contributed by atoms with Gasteiger partial charge in [-0.25, -0.2) is 0 Å². The van der Waals surface area contributed by atoms with Gasteiger partial charge in [0.1, 0.15) is 4.99 Å². The van der Waals surface area contributed by atoms with E-state index in [-0.39, 0.29) is 0 Å². The smallest absolute Gasteiger partial charge is 0.120 e. The summed E-state index contributed by atoms with van der Waals surface area (Å²) in [6, 6.07) is 10.4. The van der Waals surface area contributed by atoms with Gasteiger partial charge in [-0.05, 0) is 48.6 Å². The summed E-state index contributed by atoms with van der Waals surface area (Å²) >= 11 is 5.17. The molecule has 5 heteroatoms. The lowest BCUT2D eigenvalue weighted by atomic mass is 9.85. The van der Waals surface area contributed by atoms with Crippen molar-refractivity contribution in [2.75, 3.05) is 6.26 Å². The van der Waals surface area contributed by atoms with Crippen molar-refractivity contribution < 1.29 is 4.21 Å². The first kappa shape index (κ1) is 18.3. The molecule has 0 saturated heterocycles. The fraction of sp³-hybridized carbons (Fsp3) is 0.450. The molecule has 3 rings (SSSR count). The Morgan fingerprint density at radius 1 is 1.32 bits per heavy atom. The normalized spacial score (nSPS) is 17.5. The minimum Gasteiger partial charge on any atom is -0.388 e. The zero-order chi connectivity index (χ0) is 18.0. The highest BCUT2D eigenvalue weighted by Crippen LogP contribution is 2.38. The summed E-state index contributed by atoms with van der Waals surface area (Å²) in [6.45, 7) is 2.05. The van der Waals surface area contributed by atoms with Crippen LogP contribution in [0.3, 0.4) is 0 Å². The minimum atomic E-state index is -0.946. The average Bonchev–Trinajstić information content (AvgIpc) is 3.22. The van der Waals surface area contributed by atoms with Crippen molar-refractivity contribution in [2.45, 2.75) is 49.8 Å². The van der Waals surface area contributed by atoms with E-state index in [1.54, 1.807) is 6.26 Å².